The first-order valence-corrected chi connectivity index (χ1v) is 12.9. The maximum Gasteiger partial charge on any atom is 0.262 e. The van der Waals surface area contributed by atoms with E-state index in [1.165, 1.54) is 14.2 Å². The first-order chi connectivity index (χ1) is 16.9. The van der Waals surface area contributed by atoms with Crippen LogP contribution in [0.5, 0.6) is 17.2 Å². The van der Waals surface area contributed by atoms with E-state index in [0.717, 1.165) is 29.0 Å². The molecule has 0 radical (unpaired) electrons. The van der Waals surface area contributed by atoms with Crippen LogP contribution in [-0.4, -0.2) is 29.7 Å². The van der Waals surface area contributed by atoms with Crippen LogP contribution in [0.15, 0.2) is 77.7 Å². The lowest BCUT2D eigenvalue weighted by molar-refractivity contribution is 0.381. The number of fused-ring (bicyclic) bond motifs is 3. The second-order valence-corrected chi connectivity index (χ2v) is 10.3. The first-order valence-electron chi connectivity index (χ1n) is 11.4. The first kappa shape index (κ1) is 23.1. The number of hydrogen-bond donors (Lipinski definition) is 2. The molecule has 182 valence electrons. The van der Waals surface area contributed by atoms with Gasteiger partial charge in [-0.05, 0) is 54.3 Å². The fourth-order valence-corrected chi connectivity index (χ4v) is 6.16. The normalized spacial score (nSPS) is 20.4. The monoisotopic (exact) mass is 492 g/mol. The molecule has 7 nitrogen and oxygen atoms in total. The summed E-state index contributed by atoms with van der Waals surface area (Å²) in [5, 5.41) is 3.65. The number of methoxy groups -OCH3 is 3. The zero-order valence-corrected chi connectivity index (χ0v) is 20.6. The van der Waals surface area contributed by atoms with Crippen molar-refractivity contribution < 1.29 is 22.6 Å². The van der Waals surface area contributed by atoms with Crippen molar-refractivity contribution in [2.24, 2.45) is 5.92 Å². The molecule has 0 amide bonds. The van der Waals surface area contributed by atoms with Gasteiger partial charge in [-0.2, -0.15) is 0 Å². The van der Waals surface area contributed by atoms with Crippen LogP contribution in [0.4, 0.5) is 11.4 Å². The second-order valence-electron chi connectivity index (χ2n) is 8.64. The zero-order chi connectivity index (χ0) is 24.6. The Labute approximate surface area is 205 Å². The smallest absolute Gasteiger partial charge is 0.262 e. The maximum absolute atomic E-state index is 13.4. The molecule has 3 aromatic rings. The highest BCUT2D eigenvalue weighted by molar-refractivity contribution is 7.92. The third kappa shape index (κ3) is 4.18. The molecule has 3 aromatic carbocycles. The number of hydrogen-bond acceptors (Lipinski definition) is 6. The predicted molar refractivity (Wildman–Crippen MR) is 136 cm³/mol. The molecule has 0 spiro atoms. The van der Waals surface area contributed by atoms with Crippen molar-refractivity contribution in [3.63, 3.8) is 0 Å². The zero-order valence-electron chi connectivity index (χ0n) is 19.8. The molecule has 1 aliphatic carbocycles. The van der Waals surface area contributed by atoms with Gasteiger partial charge >= 0.3 is 0 Å². The van der Waals surface area contributed by atoms with E-state index in [4.69, 9.17) is 14.2 Å². The summed E-state index contributed by atoms with van der Waals surface area (Å²) in [6.45, 7) is 0. The second kappa shape index (κ2) is 9.19. The molecule has 35 heavy (non-hydrogen) atoms. The van der Waals surface area contributed by atoms with Crippen LogP contribution in [0.3, 0.4) is 0 Å². The highest BCUT2D eigenvalue weighted by Gasteiger charge is 2.39. The number of anilines is 2. The molecule has 3 atom stereocenters. The molecule has 0 unspecified atom stereocenters. The van der Waals surface area contributed by atoms with Crippen LogP contribution in [0.25, 0.3) is 0 Å². The summed E-state index contributed by atoms with van der Waals surface area (Å²) in [5.41, 5.74) is 3.31. The maximum atomic E-state index is 13.4. The molecule has 1 heterocycles. The van der Waals surface area contributed by atoms with Gasteiger partial charge in [0.1, 0.15) is 17.2 Å². The van der Waals surface area contributed by atoms with Crippen molar-refractivity contribution in [1.82, 2.24) is 0 Å². The van der Waals surface area contributed by atoms with Crippen molar-refractivity contribution >= 4 is 21.4 Å². The van der Waals surface area contributed by atoms with Crippen molar-refractivity contribution in [2.75, 3.05) is 31.4 Å². The highest BCUT2D eigenvalue weighted by atomic mass is 32.2. The number of allylic oxidation sites excluding steroid dienone is 2. The molecule has 0 bridgehead atoms. The van der Waals surface area contributed by atoms with Crippen LogP contribution in [0.1, 0.15) is 29.5 Å². The largest absolute Gasteiger partial charge is 0.497 e. The molecule has 5 rings (SSSR count). The fraction of sp³-hybridized carbons (Fsp3) is 0.259. The van der Waals surface area contributed by atoms with Gasteiger partial charge < -0.3 is 19.5 Å². The fourth-order valence-electron chi connectivity index (χ4n) is 5.07. The van der Waals surface area contributed by atoms with E-state index >= 15 is 0 Å². The van der Waals surface area contributed by atoms with Crippen LogP contribution >= 0.6 is 0 Å². The summed E-state index contributed by atoms with van der Waals surface area (Å²) >= 11 is 0. The molecule has 0 fully saturated rings. The molecule has 0 aromatic heterocycles. The van der Waals surface area contributed by atoms with Gasteiger partial charge in [0.15, 0.2) is 0 Å². The van der Waals surface area contributed by atoms with Gasteiger partial charge in [0.05, 0.1) is 38.0 Å². The summed E-state index contributed by atoms with van der Waals surface area (Å²) in [5.74, 6) is 2.13. The molecule has 0 saturated carbocycles. The lowest BCUT2D eigenvalue weighted by atomic mass is 9.77. The van der Waals surface area contributed by atoms with E-state index in [1.54, 1.807) is 37.4 Å². The Morgan fingerprint density at radius 1 is 0.886 bits per heavy atom. The lowest BCUT2D eigenvalue weighted by Gasteiger charge is -2.38. The van der Waals surface area contributed by atoms with Gasteiger partial charge in [0, 0.05) is 23.2 Å². The Kier molecular flexibility index (Phi) is 6.06. The molecule has 2 aliphatic rings. The summed E-state index contributed by atoms with van der Waals surface area (Å²) in [6.07, 6.45) is 5.26. The minimum absolute atomic E-state index is 0.0558. The third-order valence-electron chi connectivity index (χ3n) is 6.77. The predicted octanol–water partition coefficient (Wildman–Crippen LogP) is 5.34. The molecular weight excluding hydrogens is 464 g/mol. The van der Waals surface area contributed by atoms with Crippen molar-refractivity contribution in [2.45, 2.75) is 23.3 Å². The number of sulfonamides is 1. The quantitative estimate of drug-likeness (QED) is 0.433. The molecule has 2 N–H and O–H groups in total. The van der Waals surface area contributed by atoms with Gasteiger partial charge in [-0.25, -0.2) is 8.42 Å². The van der Waals surface area contributed by atoms with E-state index in [2.05, 4.69) is 28.3 Å². The Hall–Kier alpha value is -3.65. The van der Waals surface area contributed by atoms with Gasteiger partial charge in [0.2, 0.25) is 0 Å². The van der Waals surface area contributed by atoms with Crippen LogP contribution in [0, 0.1) is 5.92 Å². The van der Waals surface area contributed by atoms with Crippen molar-refractivity contribution in [1.29, 1.82) is 0 Å². The van der Waals surface area contributed by atoms with Crippen LogP contribution < -0.4 is 24.2 Å². The number of rotatable bonds is 7. The minimum Gasteiger partial charge on any atom is -0.497 e. The number of ether oxygens (including phenoxy) is 3. The van der Waals surface area contributed by atoms with E-state index in [-0.39, 0.29) is 22.8 Å². The Morgan fingerprint density at radius 3 is 2.46 bits per heavy atom. The number of benzene rings is 3. The standard InChI is InChI=1S/C27H28N2O5S/c1-32-17-11-14-26(34-3)24(15-17)29-35(30,31)18-12-13-23-22(16-18)19-8-6-9-20(19)27(28-23)21-7-4-5-10-25(21)33-2/h4-8,10-16,19-20,27-29H,9H2,1-3H3/t19-,20+,27-/m0/s1. The minimum atomic E-state index is -3.87. The number of nitrogens with one attached hydrogen (secondary N) is 2. The SMILES string of the molecule is COc1ccc(OC)c(NS(=O)(=O)c2ccc3c(c2)[C@H]2C=CC[C@H]2[C@@H](c2ccccc2OC)N3)c1. The van der Waals surface area contributed by atoms with E-state index in [1.807, 2.05) is 24.3 Å². The van der Waals surface area contributed by atoms with Crippen LogP contribution in [0.2, 0.25) is 0 Å². The number of para-hydroxylation sites is 1. The highest BCUT2D eigenvalue weighted by Crippen LogP contribution is 2.51. The van der Waals surface area contributed by atoms with Gasteiger partial charge in [0.25, 0.3) is 10.0 Å². The lowest BCUT2D eigenvalue weighted by Crippen LogP contribution is -2.29. The van der Waals surface area contributed by atoms with E-state index < -0.39 is 10.0 Å². The third-order valence-corrected chi connectivity index (χ3v) is 8.13. The Balaban J connectivity index is 1.50. The van der Waals surface area contributed by atoms with E-state index in [0.29, 0.717) is 17.2 Å². The van der Waals surface area contributed by atoms with Crippen molar-refractivity contribution in [3.05, 3.63) is 83.9 Å². The molecule has 1 aliphatic heterocycles. The topological polar surface area (TPSA) is 85.9 Å². The summed E-state index contributed by atoms with van der Waals surface area (Å²) in [6, 6.07) is 18.3. The summed E-state index contributed by atoms with van der Waals surface area (Å²) < 4.78 is 45.6. The Morgan fingerprint density at radius 2 is 1.69 bits per heavy atom. The molecular formula is C27H28N2O5S. The van der Waals surface area contributed by atoms with Gasteiger partial charge in [-0.1, -0.05) is 30.4 Å². The van der Waals surface area contributed by atoms with Gasteiger partial charge in [-0.15, -0.1) is 0 Å². The molecule has 0 saturated heterocycles. The average molecular weight is 493 g/mol. The van der Waals surface area contributed by atoms with Gasteiger partial charge in [-0.3, -0.25) is 4.72 Å². The van der Waals surface area contributed by atoms with Crippen molar-refractivity contribution in [3.8, 4) is 17.2 Å². The summed E-state index contributed by atoms with van der Waals surface area (Å²) in [7, 11) is 0.838. The van der Waals surface area contributed by atoms with E-state index in [9.17, 15) is 8.42 Å². The Bertz CT molecular complexity index is 1390. The molecule has 8 heteroatoms. The summed E-state index contributed by atoms with van der Waals surface area (Å²) in [4.78, 5) is 0.192. The van der Waals surface area contributed by atoms with Crippen LogP contribution in [-0.2, 0) is 10.0 Å². The average Bonchev–Trinajstić information content (AvgIpc) is 3.38.